The van der Waals surface area contributed by atoms with Gasteiger partial charge in [-0.15, -0.1) is 0 Å². The summed E-state index contributed by atoms with van der Waals surface area (Å²) in [5.41, 5.74) is 11.8. The topological polar surface area (TPSA) is 52.0 Å². The molecule has 2 heteroatoms. The molecule has 0 aromatic heterocycles. The molecule has 0 heterocycles. The van der Waals surface area contributed by atoms with Crippen molar-refractivity contribution in [3.63, 3.8) is 0 Å². The summed E-state index contributed by atoms with van der Waals surface area (Å²) >= 11 is 0. The van der Waals surface area contributed by atoms with E-state index in [4.69, 9.17) is 11.5 Å². The van der Waals surface area contributed by atoms with Gasteiger partial charge >= 0.3 is 0 Å². The molecule has 60 valence electrons. The molecule has 1 saturated carbocycles. The molecule has 2 nitrogen and oxygen atoms in total. The van der Waals surface area contributed by atoms with Crippen molar-refractivity contribution in [1.29, 1.82) is 0 Å². The Labute approximate surface area is 63.0 Å². The summed E-state index contributed by atoms with van der Waals surface area (Å²) in [5.74, 6) is 0.677. The van der Waals surface area contributed by atoms with Gasteiger partial charge in [0.1, 0.15) is 0 Å². The molecule has 0 aliphatic heterocycles. The summed E-state index contributed by atoms with van der Waals surface area (Å²) in [4.78, 5) is 0. The van der Waals surface area contributed by atoms with Crippen LogP contribution in [-0.2, 0) is 0 Å². The second-order valence-electron chi connectivity index (χ2n) is 3.97. The van der Waals surface area contributed by atoms with Gasteiger partial charge in [0, 0.05) is 11.6 Å². The standard InChI is InChI=1S/C8H18N2/c1-6(2)5-7(9)8(10)3-4-8/h6-7H,3-5,9-10H2,1-2H3. The maximum atomic E-state index is 5.91. The molecule has 1 aliphatic rings. The van der Waals surface area contributed by atoms with Crippen LogP contribution >= 0.6 is 0 Å². The highest BCUT2D eigenvalue weighted by Gasteiger charge is 2.43. The molecule has 1 atom stereocenters. The fourth-order valence-electron chi connectivity index (χ4n) is 1.26. The van der Waals surface area contributed by atoms with E-state index in [1.165, 1.54) is 0 Å². The summed E-state index contributed by atoms with van der Waals surface area (Å²) < 4.78 is 0. The van der Waals surface area contributed by atoms with E-state index in [1.54, 1.807) is 0 Å². The van der Waals surface area contributed by atoms with Gasteiger partial charge in [0.2, 0.25) is 0 Å². The number of rotatable bonds is 3. The average Bonchev–Trinajstić information content (AvgIpc) is 2.47. The van der Waals surface area contributed by atoms with E-state index in [0.29, 0.717) is 5.92 Å². The molecule has 0 amide bonds. The van der Waals surface area contributed by atoms with Crippen LogP contribution in [0.25, 0.3) is 0 Å². The van der Waals surface area contributed by atoms with Gasteiger partial charge in [0.05, 0.1) is 0 Å². The average molecular weight is 142 g/mol. The van der Waals surface area contributed by atoms with Crippen molar-refractivity contribution in [3.05, 3.63) is 0 Å². The van der Waals surface area contributed by atoms with Gasteiger partial charge in [-0.2, -0.15) is 0 Å². The molecule has 0 bridgehead atoms. The van der Waals surface area contributed by atoms with E-state index >= 15 is 0 Å². The highest BCUT2D eigenvalue weighted by atomic mass is 14.9. The minimum absolute atomic E-state index is 0.0181. The molecule has 1 aliphatic carbocycles. The number of hydrogen-bond acceptors (Lipinski definition) is 2. The Bertz CT molecular complexity index is 116. The Morgan fingerprint density at radius 3 is 2.20 bits per heavy atom. The lowest BCUT2D eigenvalue weighted by Crippen LogP contribution is -2.44. The zero-order valence-corrected chi connectivity index (χ0v) is 6.93. The van der Waals surface area contributed by atoms with Crippen LogP contribution in [0.3, 0.4) is 0 Å². The smallest absolute Gasteiger partial charge is 0.0309 e. The second kappa shape index (κ2) is 2.51. The monoisotopic (exact) mass is 142 g/mol. The summed E-state index contributed by atoms with van der Waals surface area (Å²) in [6.07, 6.45) is 3.32. The highest BCUT2D eigenvalue weighted by Crippen LogP contribution is 2.36. The van der Waals surface area contributed by atoms with Crippen LogP contribution in [0.2, 0.25) is 0 Å². The third-order valence-corrected chi connectivity index (χ3v) is 2.29. The van der Waals surface area contributed by atoms with Gasteiger partial charge in [0.15, 0.2) is 0 Å². The van der Waals surface area contributed by atoms with Crippen molar-refractivity contribution in [3.8, 4) is 0 Å². The molecule has 0 spiro atoms. The molecule has 1 unspecified atom stereocenters. The van der Waals surface area contributed by atoms with Crippen molar-refractivity contribution < 1.29 is 0 Å². The van der Waals surface area contributed by atoms with Crippen molar-refractivity contribution in [2.45, 2.75) is 44.7 Å². The lowest BCUT2D eigenvalue weighted by Gasteiger charge is -2.20. The predicted molar refractivity (Wildman–Crippen MR) is 43.6 cm³/mol. The van der Waals surface area contributed by atoms with Gasteiger partial charge in [-0.25, -0.2) is 0 Å². The van der Waals surface area contributed by atoms with Crippen LogP contribution < -0.4 is 11.5 Å². The molecule has 0 saturated heterocycles. The molecule has 4 N–H and O–H groups in total. The highest BCUT2D eigenvalue weighted by molar-refractivity contribution is 5.06. The first-order valence-corrected chi connectivity index (χ1v) is 4.09. The van der Waals surface area contributed by atoms with Gasteiger partial charge in [0.25, 0.3) is 0 Å². The lowest BCUT2D eigenvalue weighted by molar-refractivity contribution is 0.419. The zero-order chi connectivity index (χ0) is 7.78. The third-order valence-electron chi connectivity index (χ3n) is 2.29. The largest absolute Gasteiger partial charge is 0.326 e. The minimum atomic E-state index is 0.0181. The summed E-state index contributed by atoms with van der Waals surface area (Å²) in [5, 5.41) is 0. The molecule has 0 radical (unpaired) electrons. The minimum Gasteiger partial charge on any atom is -0.326 e. The first-order chi connectivity index (χ1) is 4.54. The normalized spacial score (nSPS) is 24.9. The Kier molecular flexibility index (Phi) is 2.02. The van der Waals surface area contributed by atoms with E-state index in [-0.39, 0.29) is 11.6 Å². The Morgan fingerprint density at radius 2 is 1.90 bits per heavy atom. The molecular formula is C8H18N2. The van der Waals surface area contributed by atoms with Crippen molar-refractivity contribution in [2.75, 3.05) is 0 Å². The Morgan fingerprint density at radius 1 is 1.40 bits per heavy atom. The van der Waals surface area contributed by atoms with Crippen LogP contribution in [0.5, 0.6) is 0 Å². The summed E-state index contributed by atoms with van der Waals surface area (Å²) in [6, 6.07) is 0.229. The Balaban J connectivity index is 2.28. The third kappa shape index (κ3) is 1.70. The SMILES string of the molecule is CC(C)CC(N)C1(N)CC1. The van der Waals surface area contributed by atoms with Crippen molar-refractivity contribution in [1.82, 2.24) is 0 Å². The fraction of sp³-hybridized carbons (Fsp3) is 1.00. The maximum absolute atomic E-state index is 5.91. The maximum Gasteiger partial charge on any atom is 0.0309 e. The van der Waals surface area contributed by atoms with E-state index in [2.05, 4.69) is 13.8 Å². The second-order valence-corrected chi connectivity index (χ2v) is 3.97. The molecule has 0 aromatic carbocycles. The van der Waals surface area contributed by atoms with E-state index in [1.807, 2.05) is 0 Å². The first-order valence-electron chi connectivity index (χ1n) is 4.09. The quantitative estimate of drug-likeness (QED) is 0.614. The summed E-state index contributed by atoms with van der Waals surface area (Å²) in [7, 11) is 0. The predicted octanol–water partition coefficient (Wildman–Crippen LogP) is 0.851. The van der Waals surface area contributed by atoms with Gasteiger partial charge in [-0.1, -0.05) is 13.8 Å². The van der Waals surface area contributed by atoms with Crippen LogP contribution in [0.1, 0.15) is 33.1 Å². The zero-order valence-electron chi connectivity index (χ0n) is 6.93. The van der Waals surface area contributed by atoms with Gasteiger partial charge < -0.3 is 11.5 Å². The van der Waals surface area contributed by atoms with E-state index in [0.717, 1.165) is 19.3 Å². The van der Waals surface area contributed by atoms with Gasteiger partial charge in [-0.3, -0.25) is 0 Å². The van der Waals surface area contributed by atoms with E-state index < -0.39 is 0 Å². The molecular weight excluding hydrogens is 124 g/mol. The van der Waals surface area contributed by atoms with Crippen LogP contribution in [0.4, 0.5) is 0 Å². The first kappa shape index (κ1) is 8.02. The molecule has 1 fully saturated rings. The number of hydrogen-bond donors (Lipinski definition) is 2. The van der Waals surface area contributed by atoms with Gasteiger partial charge in [-0.05, 0) is 25.2 Å². The van der Waals surface area contributed by atoms with Crippen molar-refractivity contribution in [2.24, 2.45) is 17.4 Å². The molecule has 0 aromatic rings. The summed E-state index contributed by atoms with van der Waals surface area (Å²) in [6.45, 7) is 4.37. The van der Waals surface area contributed by atoms with Crippen LogP contribution in [0, 0.1) is 5.92 Å². The Hall–Kier alpha value is -0.0800. The van der Waals surface area contributed by atoms with Crippen LogP contribution in [-0.4, -0.2) is 11.6 Å². The van der Waals surface area contributed by atoms with Crippen molar-refractivity contribution >= 4 is 0 Å². The molecule has 1 rings (SSSR count). The van der Waals surface area contributed by atoms with Crippen LogP contribution in [0.15, 0.2) is 0 Å². The fourth-order valence-corrected chi connectivity index (χ4v) is 1.26. The molecule has 10 heavy (non-hydrogen) atoms. The number of nitrogens with two attached hydrogens (primary N) is 2. The van der Waals surface area contributed by atoms with E-state index in [9.17, 15) is 0 Å². The lowest BCUT2D eigenvalue weighted by atomic mass is 9.97.